The molecule has 1 saturated heterocycles. The van der Waals surface area contributed by atoms with Crippen molar-refractivity contribution in [2.45, 2.75) is 25.9 Å². The fraction of sp³-hybridized carbons (Fsp3) is 0.368. The van der Waals surface area contributed by atoms with Crippen LogP contribution in [0.25, 0.3) is 0 Å². The van der Waals surface area contributed by atoms with Crippen molar-refractivity contribution in [3.63, 3.8) is 0 Å². The van der Waals surface area contributed by atoms with E-state index in [2.05, 4.69) is 13.0 Å². The number of benzene rings is 1. The highest BCUT2D eigenvalue weighted by molar-refractivity contribution is 5.28. The van der Waals surface area contributed by atoms with E-state index in [1.54, 1.807) is 0 Å². The lowest BCUT2D eigenvalue weighted by molar-refractivity contribution is 0.0956. The SMILES string of the molecule is CC1=CCC=C(OC[C@@H]2CO[C@H](c3ccc(F)cc3F)C2)C=C1. The summed E-state index contributed by atoms with van der Waals surface area (Å²) in [4.78, 5) is 0. The van der Waals surface area contributed by atoms with Crippen molar-refractivity contribution in [2.75, 3.05) is 13.2 Å². The van der Waals surface area contributed by atoms with Crippen LogP contribution in [0.1, 0.15) is 31.4 Å². The van der Waals surface area contributed by atoms with E-state index in [1.807, 2.05) is 18.2 Å². The van der Waals surface area contributed by atoms with Crippen molar-refractivity contribution >= 4 is 0 Å². The first-order chi connectivity index (χ1) is 11.1. The van der Waals surface area contributed by atoms with E-state index in [-0.39, 0.29) is 12.0 Å². The minimum absolute atomic E-state index is 0.205. The van der Waals surface area contributed by atoms with Gasteiger partial charge in [-0.1, -0.05) is 23.8 Å². The molecule has 2 nitrogen and oxygen atoms in total. The summed E-state index contributed by atoms with van der Waals surface area (Å²) in [6.07, 6.45) is 9.38. The number of rotatable bonds is 4. The van der Waals surface area contributed by atoms with E-state index in [9.17, 15) is 8.78 Å². The predicted molar refractivity (Wildman–Crippen MR) is 84.7 cm³/mol. The fourth-order valence-electron chi connectivity index (χ4n) is 2.82. The first kappa shape index (κ1) is 15.9. The molecule has 0 aromatic heterocycles. The molecule has 3 rings (SSSR count). The third-order valence-corrected chi connectivity index (χ3v) is 4.14. The Labute approximate surface area is 135 Å². The molecule has 23 heavy (non-hydrogen) atoms. The zero-order chi connectivity index (χ0) is 16.2. The fourth-order valence-corrected chi connectivity index (χ4v) is 2.82. The quantitative estimate of drug-likeness (QED) is 0.790. The van der Waals surface area contributed by atoms with E-state index in [0.717, 1.165) is 18.2 Å². The van der Waals surface area contributed by atoms with E-state index >= 15 is 0 Å². The van der Waals surface area contributed by atoms with E-state index in [4.69, 9.17) is 9.47 Å². The smallest absolute Gasteiger partial charge is 0.131 e. The molecule has 2 aliphatic rings. The van der Waals surface area contributed by atoms with Gasteiger partial charge in [0, 0.05) is 17.5 Å². The molecule has 1 aromatic carbocycles. The molecule has 1 aliphatic carbocycles. The lowest BCUT2D eigenvalue weighted by Gasteiger charge is -2.12. The summed E-state index contributed by atoms with van der Waals surface area (Å²) >= 11 is 0. The van der Waals surface area contributed by atoms with Gasteiger partial charge in [-0.15, -0.1) is 0 Å². The Morgan fingerprint density at radius 3 is 2.91 bits per heavy atom. The predicted octanol–water partition coefficient (Wildman–Crippen LogP) is 4.85. The molecule has 0 spiro atoms. The molecule has 4 heteroatoms. The van der Waals surface area contributed by atoms with Gasteiger partial charge in [0.05, 0.1) is 19.3 Å². The monoisotopic (exact) mass is 318 g/mol. The van der Waals surface area contributed by atoms with Crippen LogP contribution in [0.5, 0.6) is 0 Å². The number of hydrogen-bond donors (Lipinski definition) is 0. The Hall–Kier alpha value is -1.94. The Kier molecular flexibility index (Phi) is 4.91. The highest BCUT2D eigenvalue weighted by Crippen LogP contribution is 2.34. The lowest BCUT2D eigenvalue weighted by Crippen LogP contribution is -2.08. The molecule has 1 aliphatic heterocycles. The third kappa shape index (κ3) is 4.08. The molecule has 0 unspecified atom stereocenters. The second kappa shape index (κ2) is 7.09. The average Bonchev–Trinajstić information content (AvgIpc) is 2.88. The third-order valence-electron chi connectivity index (χ3n) is 4.14. The Morgan fingerprint density at radius 1 is 1.22 bits per heavy atom. The minimum atomic E-state index is -0.569. The van der Waals surface area contributed by atoms with Crippen LogP contribution in [-0.4, -0.2) is 13.2 Å². The van der Waals surface area contributed by atoms with Gasteiger partial charge in [-0.25, -0.2) is 8.78 Å². The highest BCUT2D eigenvalue weighted by atomic mass is 19.1. The van der Waals surface area contributed by atoms with Gasteiger partial charge >= 0.3 is 0 Å². The van der Waals surface area contributed by atoms with Crippen molar-refractivity contribution in [3.05, 3.63) is 71.0 Å². The van der Waals surface area contributed by atoms with Gasteiger partial charge in [-0.2, -0.15) is 0 Å². The number of ether oxygens (including phenoxy) is 2. The van der Waals surface area contributed by atoms with Crippen molar-refractivity contribution in [3.8, 4) is 0 Å². The van der Waals surface area contributed by atoms with Gasteiger partial charge in [0.25, 0.3) is 0 Å². The van der Waals surface area contributed by atoms with Crippen molar-refractivity contribution in [2.24, 2.45) is 5.92 Å². The van der Waals surface area contributed by atoms with Gasteiger partial charge < -0.3 is 9.47 Å². The minimum Gasteiger partial charge on any atom is -0.494 e. The zero-order valence-electron chi connectivity index (χ0n) is 13.1. The van der Waals surface area contributed by atoms with Crippen molar-refractivity contribution in [1.29, 1.82) is 0 Å². The van der Waals surface area contributed by atoms with Crippen molar-refractivity contribution < 1.29 is 18.3 Å². The largest absolute Gasteiger partial charge is 0.494 e. The van der Waals surface area contributed by atoms with Gasteiger partial charge in [-0.05, 0) is 38.0 Å². The Balaban J connectivity index is 1.54. The summed E-state index contributed by atoms with van der Waals surface area (Å²) in [6, 6.07) is 3.63. The number of hydrogen-bond acceptors (Lipinski definition) is 2. The first-order valence-electron chi connectivity index (χ1n) is 7.86. The van der Waals surface area contributed by atoms with Crippen LogP contribution in [0.3, 0.4) is 0 Å². The molecular formula is C19H20F2O2. The molecule has 0 radical (unpaired) electrons. The molecule has 2 atom stereocenters. The maximum absolute atomic E-state index is 13.8. The number of allylic oxidation sites excluding steroid dienone is 5. The van der Waals surface area contributed by atoms with Gasteiger partial charge in [0.15, 0.2) is 0 Å². The highest BCUT2D eigenvalue weighted by Gasteiger charge is 2.29. The summed E-state index contributed by atoms with van der Waals surface area (Å²) in [5.41, 5.74) is 1.64. The summed E-state index contributed by atoms with van der Waals surface area (Å²) < 4.78 is 38.3. The first-order valence-corrected chi connectivity index (χ1v) is 7.86. The van der Waals surface area contributed by atoms with E-state index < -0.39 is 11.6 Å². The van der Waals surface area contributed by atoms with Crippen LogP contribution < -0.4 is 0 Å². The van der Waals surface area contributed by atoms with Crippen LogP contribution in [-0.2, 0) is 9.47 Å². The summed E-state index contributed by atoms with van der Waals surface area (Å²) in [6.45, 7) is 3.12. The topological polar surface area (TPSA) is 18.5 Å². The van der Waals surface area contributed by atoms with Crippen LogP contribution in [0.15, 0.2) is 53.8 Å². The standard InChI is InChI=1S/C19H20F2O2/c1-13-3-2-4-16(7-5-13)22-11-14-9-19(23-12-14)17-8-6-15(20)10-18(17)21/h3-8,10,14,19H,2,9,11-12H2,1H3/t14-,19+/m1/s1. The van der Waals surface area contributed by atoms with Crippen LogP contribution >= 0.6 is 0 Å². The van der Waals surface area contributed by atoms with Crippen LogP contribution in [0.2, 0.25) is 0 Å². The molecule has 122 valence electrons. The van der Waals surface area contributed by atoms with Crippen LogP contribution in [0.4, 0.5) is 8.78 Å². The molecule has 0 N–H and O–H groups in total. The molecular weight excluding hydrogens is 298 g/mol. The molecule has 0 saturated carbocycles. The summed E-state index contributed by atoms with van der Waals surface area (Å²) in [5, 5.41) is 0. The second-order valence-corrected chi connectivity index (χ2v) is 6.02. The summed E-state index contributed by atoms with van der Waals surface area (Å²) in [5.74, 6) is -0.0572. The summed E-state index contributed by atoms with van der Waals surface area (Å²) in [7, 11) is 0. The number of halogens is 2. The van der Waals surface area contributed by atoms with Crippen LogP contribution in [0, 0.1) is 17.6 Å². The Morgan fingerprint density at radius 2 is 2.09 bits per heavy atom. The Bertz CT molecular complexity index is 661. The maximum atomic E-state index is 13.8. The molecule has 0 amide bonds. The maximum Gasteiger partial charge on any atom is 0.131 e. The van der Waals surface area contributed by atoms with Gasteiger partial charge in [-0.3, -0.25) is 0 Å². The van der Waals surface area contributed by atoms with Gasteiger partial charge in [0.2, 0.25) is 0 Å². The molecule has 1 fully saturated rings. The lowest BCUT2D eigenvalue weighted by atomic mass is 10.0. The van der Waals surface area contributed by atoms with E-state index in [0.29, 0.717) is 25.2 Å². The second-order valence-electron chi connectivity index (χ2n) is 6.02. The van der Waals surface area contributed by atoms with Crippen molar-refractivity contribution in [1.82, 2.24) is 0 Å². The normalized spacial score (nSPS) is 24.1. The molecule has 0 bridgehead atoms. The zero-order valence-corrected chi connectivity index (χ0v) is 13.1. The molecule has 1 heterocycles. The van der Waals surface area contributed by atoms with Gasteiger partial charge in [0.1, 0.15) is 17.4 Å². The average molecular weight is 318 g/mol. The van der Waals surface area contributed by atoms with E-state index in [1.165, 1.54) is 17.7 Å². The molecule has 1 aromatic rings.